The third kappa shape index (κ3) is 2.64. The summed E-state index contributed by atoms with van der Waals surface area (Å²) in [5.74, 6) is -0.360. The third-order valence-corrected chi connectivity index (χ3v) is 1.83. The Hall–Kier alpha value is -1.73. The summed E-state index contributed by atoms with van der Waals surface area (Å²) in [7, 11) is 0. The molecule has 0 radical (unpaired) electrons. The van der Waals surface area contributed by atoms with Crippen LogP contribution in [-0.4, -0.2) is 12.5 Å². The van der Waals surface area contributed by atoms with Crippen molar-refractivity contribution in [2.24, 2.45) is 0 Å². The summed E-state index contributed by atoms with van der Waals surface area (Å²) in [6.07, 6.45) is 0. The van der Waals surface area contributed by atoms with Crippen LogP contribution in [0.1, 0.15) is 0 Å². The van der Waals surface area contributed by atoms with Crippen molar-refractivity contribution in [3.63, 3.8) is 0 Å². The number of benzene rings is 1. The van der Waals surface area contributed by atoms with Gasteiger partial charge in [0.25, 0.3) is 6.54 Å². The van der Waals surface area contributed by atoms with Crippen LogP contribution < -0.4 is 11.1 Å². The lowest BCUT2D eigenvalue weighted by molar-refractivity contribution is -0.114. The number of anilines is 2. The Labute approximate surface area is 86.5 Å². The molecule has 0 aromatic heterocycles. The molecule has 1 rings (SSSR count). The lowest BCUT2D eigenvalue weighted by atomic mass is 10.3. The van der Waals surface area contributed by atoms with Crippen LogP contribution in [-0.2, 0) is 4.79 Å². The molecule has 1 amide bonds. The normalized spacial score (nSPS) is 9.14. The molecule has 0 saturated carbocycles. The second kappa shape index (κ2) is 4.49. The largest absolute Gasteiger partial charge is 0.398 e. The fraction of sp³-hybridized carbons (Fsp3) is 0.111. The molecule has 0 aliphatic carbocycles. The molecule has 0 unspecified atom stereocenters. The maximum absolute atomic E-state index is 11.0. The van der Waals surface area contributed by atoms with Gasteiger partial charge in [-0.3, -0.25) is 4.79 Å². The number of hydrogen-bond acceptors (Lipinski definition) is 2. The lowest BCUT2D eigenvalue weighted by Gasteiger charge is -2.03. The fourth-order valence-corrected chi connectivity index (χ4v) is 1.06. The lowest BCUT2D eigenvalue weighted by Crippen LogP contribution is -2.13. The molecule has 0 aliphatic rings. The van der Waals surface area contributed by atoms with E-state index >= 15 is 0 Å². The summed E-state index contributed by atoms with van der Waals surface area (Å²) in [6, 6.07) is 4.76. The Kier molecular flexibility index (Phi) is 3.32. The van der Waals surface area contributed by atoms with Gasteiger partial charge in [-0.05, 0) is 18.2 Å². The summed E-state index contributed by atoms with van der Waals surface area (Å²) >= 11 is 5.74. The standard InChI is InChI=1S/C9H8ClN3O/c1-12-5-9(14)13-6-2-3-8(11)7(10)4-6/h2-4H,5,11H2,(H,13,14). The Morgan fingerprint density at radius 3 is 2.93 bits per heavy atom. The fourth-order valence-electron chi connectivity index (χ4n) is 0.877. The number of carbonyl (C=O) groups excluding carboxylic acids is 1. The molecule has 0 aliphatic heterocycles. The van der Waals surface area contributed by atoms with Gasteiger partial charge in [0, 0.05) is 5.69 Å². The van der Waals surface area contributed by atoms with Crippen molar-refractivity contribution in [1.29, 1.82) is 0 Å². The van der Waals surface area contributed by atoms with Crippen LogP contribution in [0.5, 0.6) is 0 Å². The number of nitrogens with two attached hydrogens (primary N) is 1. The van der Waals surface area contributed by atoms with Crippen LogP contribution in [0.15, 0.2) is 18.2 Å². The van der Waals surface area contributed by atoms with E-state index in [2.05, 4.69) is 10.2 Å². The molecule has 0 fully saturated rings. The molecule has 0 spiro atoms. The monoisotopic (exact) mass is 209 g/mol. The molecule has 0 saturated heterocycles. The third-order valence-electron chi connectivity index (χ3n) is 1.51. The van der Waals surface area contributed by atoms with Crippen LogP contribution in [0.4, 0.5) is 11.4 Å². The molecule has 1 aromatic carbocycles. The summed E-state index contributed by atoms with van der Waals surface area (Å²) < 4.78 is 0. The van der Waals surface area contributed by atoms with E-state index in [0.717, 1.165) is 0 Å². The minimum Gasteiger partial charge on any atom is -0.398 e. The highest BCUT2D eigenvalue weighted by atomic mass is 35.5. The van der Waals surface area contributed by atoms with Crippen molar-refractivity contribution >= 4 is 28.9 Å². The zero-order valence-corrected chi connectivity index (χ0v) is 8.01. The first-order chi connectivity index (χ1) is 6.63. The molecular weight excluding hydrogens is 202 g/mol. The van der Waals surface area contributed by atoms with E-state index in [0.29, 0.717) is 16.4 Å². The quantitative estimate of drug-likeness (QED) is 0.576. The first-order valence-electron chi connectivity index (χ1n) is 3.81. The number of hydrogen-bond donors (Lipinski definition) is 2. The zero-order valence-electron chi connectivity index (χ0n) is 7.25. The number of amides is 1. The van der Waals surface area contributed by atoms with Crippen LogP contribution in [0.25, 0.3) is 4.85 Å². The molecule has 0 heterocycles. The van der Waals surface area contributed by atoms with Gasteiger partial charge in [-0.1, -0.05) is 11.6 Å². The molecule has 72 valence electrons. The number of halogens is 1. The van der Waals surface area contributed by atoms with Gasteiger partial charge in [0.2, 0.25) is 0 Å². The first kappa shape index (κ1) is 10.4. The zero-order chi connectivity index (χ0) is 10.6. The Morgan fingerprint density at radius 2 is 2.36 bits per heavy atom. The van der Waals surface area contributed by atoms with Crippen molar-refractivity contribution in [3.05, 3.63) is 34.6 Å². The van der Waals surface area contributed by atoms with E-state index in [4.69, 9.17) is 23.9 Å². The van der Waals surface area contributed by atoms with Gasteiger partial charge in [0.1, 0.15) is 0 Å². The van der Waals surface area contributed by atoms with Crippen molar-refractivity contribution in [3.8, 4) is 0 Å². The average Bonchev–Trinajstić information content (AvgIpc) is 2.12. The predicted molar refractivity (Wildman–Crippen MR) is 56.0 cm³/mol. The number of rotatable bonds is 2. The van der Waals surface area contributed by atoms with E-state index in [1.54, 1.807) is 18.2 Å². The van der Waals surface area contributed by atoms with Crippen molar-refractivity contribution in [1.82, 2.24) is 0 Å². The topological polar surface area (TPSA) is 59.5 Å². The molecule has 3 N–H and O–H groups in total. The summed E-state index contributed by atoms with van der Waals surface area (Å²) in [4.78, 5) is 14.0. The minimum absolute atomic E-state index is 0.192. The maximum atomic E-state index is 11.0. The summed E-state index contributed by atoms with van der Waals surface area (Å²) in [5.41, 5.74) is 6.48. The number of nitrogens with zero attached hydrogens (tertiary/aromatic N) is 1. The van der Waals surface area contributed by atoms with Crippen molar-refractivity contribution in [2.75, 3.05) is 17.6 Å². The predicted octanol–water partition coefficient (Wildman–Crippen LogP) is 1.78. The van der Waals surface area contributed by atoms with E-state index in [1.807, 2.05) is 0 Å². The van der Waals surface area contributed by atoms with Gasteiger partial charge in [-0.25, -0.2) is 6.57 Å². The van der Waals surface area contributed by atoms with Crippen molar-refractivity contribution in [2.45, 2.75) is 0 Å². The highest BCUT2D eigenvalue weighted by Gasteiger charge is 2.05. The average molecular weight is 210 g/mol. The van der Waals surface area contributed by atoms with E-state index in [-0.39, 0.29) is 12.5 Å². The van der Waals surface area contributed by atoms with E-state index in [9.17, 15) is 4.79 Å². The first-order valence-corrected chi connectivity index (χ1v) is 4.19. The Morgan fingerprint density at radius 1 is 1.64 bits per heavy atom. The molecular formula is C9H8ClN3O. The summed E-state index contributed by atoms with van der Waals surface area (Å²) in [6.45, 7) is 6.30. The summed E-state index contributed by atoms with van der Waals surface area (Å²) in [5, 5.41) is 2.90. The van der Waals surface area contributed by atoms with Crippen LogP contribution in [0.3, 0.4) is 0 Å². The van der Waals surface area contributed by atoms with Crippen LogP contribution in [0.2, 0.25) is 5.02 Å². The molecule has 0 bridgehead atoms. The highest BCUT2D eigenvalue weighted by molar-refractivity contribution is 6.33. The Balaban J connectivity index is 2.74. The number of nitrogens with one attached hydrogen (secondary N) is 1. The van der Waals surface area contributed by atoms with Gasteiger partial charge in [0.15, 0.2) is 0 Å². The van der Waals surface area contributed by atoms with Gasteiger partial charge >= 0.3 is 5.91 Å². The number of nitrogen functional groups attached to an aromatic ring is 1. The molecule has 5 heteroatoms. The van der Waals surface area contributed by atoms with Gasteiger partial charge in [-0.15, -0.1) is 0 Å². The highest BCUT2D eigenvalue weighted by Crippen LogP contribution is 2.22. The van der Waals surface area contributed by atoms with E-state index < -0.39 is 0 Å². The smallest absolute Gasteiger partial charge is 0.304 e. The second-order valence-corrected chi connectivity index (χ2v) is 3.01. The second-order valence-electron chi connectivity index (χ2n) is 2.60. The SMILES string of the molecule is [C-]#[N+]CC(=O)Nc1ccc(N)c(Cl)c1. The van der Waals surface area contributed by atoms with E-state index in [1.165, 1.54) is 0 Å². The number of carbonyl (C=O) groups is 1. The van der Waals surface area contributed by atoms with Gasteiger partial charge in [-0.2, -0.15) is 0 Å². The van der Waals surface area contributed by atoms with Gasteiger partial charge in [0.05, 0.1) is 10.7 Å². The van der Waals surface area contributed by atoms with Crippen LogP contribution >= 0.6 is 11.6 Å². The van der Waals surface area contributed by atoms with Gasteiger partial charge < -0.3 is 15.9 Å². The molecule has 14 heavy (non-hydrogen) atoms. The van der Waals surface area contributed by atoms with Crippen molar-refractivity contribution < 1.29 is 4.79 Å². The molecule has 4 nitrogen and oxygen atoms in total. The molecule has 0 atom stereocenters. The molecule has 1 aromatic rings. The Bertz CT molecular complexity index is 398. The minimum atomic E-state index is -0.360. The van der Waals surface area contributed by atoms with Crippen LogP contribution in [0, 0.1) is 6.57 Å². The maximum Gasteiger partial charge on any atom is 0.304 e.